The van der Waals surface area contributed by atoms with Gasteiger partial charge in [-0.15, -0.1) is 12.4 Å². The van der Waals surface area contributed by atoms with E-state index in [9.17, 15) is 8.78 Å². The first-order valence-electron chi connectivity index (χ1n) is 4.65. The molecule has 1 saturated carbocycles. The summed E-state index contributed by atoms with van der Waals surface area (Å²) in [6.45, 7) is 1.82. The van der Waals surface area contributed by atoms with Crippen molar-refractivity contribution in [3.8, 4) is 0 Å². The first-order valence-corrected chi connectivity index (χ1v) is 4.65. The summed E-state index contributed by atoms with van der Waals surface area (Å²) in [7, 11) is 0. The van der Waals surface area contributed by atoms with Crippen molar-refractivity contribution in [3.05, 3.63) is 0 Å². The smallest absolute Gasteiger partial charge is 0.262 e. The fourth-order valence-corrected chi connectivity index (χ4v) is 2.33. The van der Waals surface area contributed by atoms with E-state index in [-0.39, 0.29) is 30.9 Å². The van der Waals surface area contributed by atoms with E-state index in [4.69, 9.17) is 0 Å². The highest BCUT2D eigenvalue weighted by Gasteiger charge is 2.51. The highest BCUT2D eigenvalue weighted by Crippen LogP contribution is 2.44. The molecular formula is C9H16ClF2N. The molecule has 0 aromatic carbocycles. The summed E-state index contributed by atoms with van der Waals surface area (Å²) >= 11 is 0. The lowest BCUT2D eigenvalue weighted by atomic mass is 9.71. The predicted molar refractivity (Wildman–Crippen MR) is 50.6 cm³/mol. The van der Waals surface area contributed by atoms with Crippen LogP contribution in [0.25, 0.3) is 0 Å². The Morgan fingerprint density at radius 1 is 1.31 bits per heavy atom. The fourth-order valence-electron chi connectivity index (χ4n) is 2.33. The van der Waals surface area contributed by atoms with Gasteiger partial charge in [0.05, 0.1) is 6.54 Å². The van der Waals surface area contributed by atoms with Crippen molar-refractivity contribution >= 4 is 12.4 Å². The molecule has 0 aromatic heterocycles. The molecule has 2 rings (SSSR count). The molecule has 4 heteroatoms. The van der Waals surface area contributed by atoms with Crippen LogP contribution < -0.4 is 5.32 Å². The van der Waals surface area contributed by atoms with Crippen LogP contribution in [0.5, 0.6) is 0 Å². The molecule has 1 atom stereocenters. The molecule has 78 valence electrons. The molecular weight excluding hydrogens is 196 g/mol. The van der Waals surface area contributed by atoms with Crippen LogP contribution >= 0.6 is 12.4 Å². The zero-order valence-electron chi connectivity index (χ0n) is 7.78. The van der Waals surface area contributed by atoms with Gasteiger partial charge in [-0.1, -0.05) is 6.42 Å². The third-order valence-electron chi connectivity index (χ3n) is 3.38. The van der Waals surface area contributed by atoms with Crippen LogP contribution in [-0.4, -0.2) is 18.0 Å². The Hall–Kier alpha value is 0.110. The lowest BCUT2D eigenvalue weighted by Gasteiger charge is -2.40. The van der Waals surface area contributed by atoms with Crippen LogP contribution in [0.15, 0.2) is 0 Å². The minimum atomic E-state index is -2.47. The van der Waals surface area contributed by atoms with Gasteiger partial charge in [0.1, 0.15) is 0 Å². The SMILES string of the molecule is CC1(C2CCC2)CC(F)(F)CN1.Cl. The molecule has 0 bridgehead atoms. The van der Waals surface area contributed by atoms with Crippen LogP contribution in [0.3, 0.4) is 0 Å². The summed E-state index contributed by atoms with van der Waals surface area (Å²) in [5.41, 5.74) is -0.276. The highest BCUT2D eigenvalue weighted by molar-refractivity contribution is 5.85. The molecule has 1 nitrogen and oxygen atoms in total. The zero-order chi connectivity index (χ0) is 8.82. The molecule has 0 aromatic rings. The molecule has 13 heavy (non-hydrogen) atoms. The minimum absolute atomic E-state index is 0. The summed E-state index contributed by atoms with van der Waals surface area (Å²) in [4.78, 5) is 0. The molecule has 1 N–H and O–H groups in total. The Labute approximate surface area is 83.7 Å². The lowest BCUT2D eigenvalue weighted by Crippen LogP contribution is -2.46. The van der Waals surface area contributed by atoms with Crippen molar-refractivity contribution in [2.24, 2.45) is 5.92 Å². The van der Waals surface area contributed by atoms with Crippen molar-refractivity contribution < 1.29 is 8.78 Å². The summed E-state index contributed by atoms with van der Waals surface area (Å²) < 4.78 is 25.8. The summed E-state index contributed by atoms with van der Waals surface area (Å²) in [5, 5.41) is 2.98. The highest BCUT2D eigenvalue weighted by atomic mass is 35.5. The fraction of sp³-hybridized carbons (Fsp3) is 1.00. The topological polar surface area (TPSA) is 12.0 Å². The molecule has 0 amide bonds. The Morgan fingerprint density at radius 3 is 2.23 bits per heavy atom. The Bertz CT molecular complexity index is 194. The maximum absolute atomic E-state index is 12.9. The van der Waals surface area contributed by atoms with Gasteiger partial charge in [0.2, 0.25) is 0 Å². The van der Waals surface area contributed by atoms with Crippen LogP contribution in [0.4, 0.5) is 8.78 Å². The van der Waals surface area contributed by atoms with Crippen molar-refractivity contribution in [1.82, 2.24) is 5.32 Å². The predicted octanol–water partition coefficient (Wildman–Crippen LogP) is 2.60. The first kappa shape index (κ1) is 11.2. The number of hydrogen-bond acceptors (Lipinski definition) is 1. The number of halogens is 3. The second kappa shape index (κ2) is 3.35. The van der Waals surface area contributed by atoms with Gasteiger partial charge in [-0.2, -0.15) is 0 Å². The third kappa shape index (κ3) is 1.96. The summed E-state index contributed by atoms with van der Waals surface area (Å²) in [6.07, 6.45) is 3.50. The van der Waals surface area contributed by atoms with E-state index in [1.807, 2.05) is 6.92 Å². The van der Waals surface area contributed by atoms with Crippen LogP contribution in [-0.2, 0) is 0 Å². The van der Waals surface area contributed by atoms with E-state index >= 15 is 0 Å². The Kier molecular flexibility index (Phi) is 2.89. The normalized spacial score (nSPS) is 38.1. The van der Waals surface area contributed by atoms with Crippen molar-refractivity contribution in [2.75, 3.05) is 6.54 Å². The molecule has 0 spiro atoms. The molecule has 1 unspecified atom stereocenters. The van der Waals surface area contributed by atoms with E-state index in [1.165, 1.54) is 6.42 Å². The van der Waals surface area contributed by atoms with E-state index in [0.29, 0.717) is 5.92 Å². The van der Waals surface area contributed by atoms with Gasteiger partial charge in [0, 0.05) is 12.0 Å². The van der Waals surface area contributed by atoms with E-state index < -0.39 is 5.92 Å². The maximum atomic E-state index is 12.9. The minimum Gasteiger partial charge on any atom is -0.305 e. The molecule has 1 heterocycles. The van der Waals surface area contributed by atoms with Gasteiger partial charge in [-0.3, -0.25) is 0 Å². The molecule has 1 saturated heterocycles. The van der Waals surface area contributed by atoms with Crippen molar-refractivity contribution in [2.45, 2.75) is 44.1 Å². The molecule has 1 aliphatic carbocycles. The average molecular weight is 212 g/mol. The first-order chi connectivity index (χ1) is 5.52. The van der Waals surface area contributed by atoms with Crippen LogP contribution in [0.1, 0.15) is 32.6 Å². The van der Waals surface area contributed by atoms with Gasteiger partial charge in [0.15, 0.2) is 0 Å². The number of hydrogen-bond donors (Lipinski definition) is 1. The van der Waals surface area contributed by atoms with Gasteiger partial charge in [-0.05, 0) is 25.7 Å². The quantitative estimate of drug-likeness (QED) is 0.703. The summed E-state index contributed by atoms with van der Waals surface area (Å²) in [6, 6.07) is 0. The van der Waals surface area contributed by atoms with E-state index in [0.717, 1.165) is 12.8 Å². The Morgan fingerprint density at radius 2 is 1.92 bits per heavy atom. The largest absolute Gasteiger partial charge is 0.305 e. The van der Waals surface area contributed by atoms with E-state index in [1.54, 1.807) is 0 Å². The van der Waals surface area contributed by atoms with Crippen molar-refractivity contribution in [1.29, 1.82) is 0 Å². The second-order valence-electron chi connectivity index (χ2n) is 4.43. The number of nitrogens with one attached hydrogen (secondary N) is 1. The van der Waals surface area contributed by atoms with Crippen LogP contribution in [0, 0.1) is 5.92 Å². The lowest BCUT2D eigenvalue weighted by molar-refractivity contribution is 0.00844. The second-order valence-corrected chi connectivity index (χ2v) is 4.43. The molecule has 2 aliphatic rings. The summed E-state index contributed by atoms with van der Waals surface area (Å²) in [5.74, 6) is -1.98. The van der Waals surface area contributed by atoms with Gasteiger partial charge in [-0.25, -0.2) is 8.78 Å². The number of rotatable bonds is 1. The maximum Gasteiger partial charge on any atom is 0.262 e. The molecule has 0 radical (unpaired) electrons. The Balaban J connectivity index is 0.000000845. The van der Waals surface area contributed by atoms with E-state index in [2.05, 4.69) is 5.32 Å². The third-order valence-corrected chi connectivity index (χ3v) is 3.38. The van der Waals surface area contributed by atoms with Gasteiger partial charge >= 0.3 is 0 Å². The zero-order valence-corrected chi connectivity index (χ0v) is 8.59. The van der Waals surface area contributed by atoms with Crippen molar-refractivity contribution in [3.63, 3.8) is 0 Å². The molecule has 2 fully saturated rings. The monoisotopic (exact) mass is 211 g/mol. The van der Waals surface area contributed by atoms with Gasteiger partial charge in [0.25, 0.3) is 5.92 Å². The molecule has 1 aliphatic heterocycles. The van der Waals surface area contributed by atoms with Crippen LogP contribution in [0.2, 0.25) is 0 Å². The van der Waals surface area contributed by atoms with Gasteiger partial charge < -0.3 is 5.32 Å². The number of alkyl halides is 2. The average Bonchev–Trinajstić information content (AvgIpc) is 2.01. The standard InChI is InChI=1S/C9H15F2N.ClH/c1-8(7-3-2-4-7)5-9(10,11)6-12-8;/h7,12H,2-6H2,1H3;1H.